The van der Waals surface area contributed by atoms with Gasteiger partial charge >= 0.3 is 0 Å². The van der Waals surface area contributed by atoms with Crippen molar-refractivity contribution in [3.05, 3.63) is 35.4 Å². The van der Waals surface area contributed by atoms with Gasteiger partial charge < -0.3 is 15.0 Å². The molecule has 0 radical (unpaired) electrons. The average Bonchev–Trinajstić information content (AvgIpc) is 3.16. The van der Waals surface area contributed by atoms with E-state index in [0.29, 0.717) is 32.2 Å². The first-order chi connectivity index (χ1) is 12.5. The molecule has 2 aromatic heterocycles. The van der Waals surface area contributed by atoms with E-state index in [9.17, 15) is 4.79 Å². The van der Waals surface area contributed by atoms with Crippen molar-refractivity contribution in [1.29, 1.82) is 0 Å². The SMILES string of the molecule is COCC1CN(c2ncccn2)CC1C(=O)NCc1c(C)nn(C)c1C. The molecule has 1 aliphatic rings. The van der Waals surface area contributed by atoms with Crippen LogP contribution >= 0.6 is 0 Å². The topological polar surface area (TPSA) is 85.2 Å². The Bertz CT molecular complexity index is 761. The van der Waals surface area contributed by atoms with E-state index in [1.807, 2.05) is 25.6 Å². The van der Waals surface area contributed by atoms with Crippen LogP contribution in [0.2, 0.25) is 0 Å². The maximum absolute atomic E-state index is 12.8. The molecule has 3 rings (SSSR count). The van der Waals surface area contributed by atoms with Crippen molar-refractivity contribution < 1.29 is 9.53 Å². The monoisotopic (exact) mass is 358 g/mol. The van der Waals surface area contributed by atoms with Gasteiger partial charge in [0.2, 0.25) is 11.9 Å². The molecule has 0 saturated carbocycles. The summed E-state index contributed by atoms with van der Waals surface area (Å²) in [5, 5.41) is 7.48. The third-order valence-corrected chi connectivity index (χ3v) is 5.09. The van der Waals surface area contributed by atoms with E-state index in [4.69, 9.17) is 4.74 Å². The predicted molar refractivity (Wildman–Crippen MR) is 97.6 cm³/mol. The number of nitrogens with one attached hydrogen (secondary N) is 1. The van der Waals surface area contributed by atoms with Crippen LogP contribution in [0.25, 0.3) is 0 Å². The van der Waals surface area contributed by atoms with E-state index in [0.717, 1.165) is 17.0 Å². The zero-order chi connectivity index (χ0) is 18.7. The van der Waals surface area contributed by atoms with Gasteiger partial charge in [-0.2, -0.15) is 5.10 Å². The Labute approximate surface area is 153 Å². The highest BCUT2D eigenvalue weighted by Crippen LogP contribution is 2.27. The maximum atomic E-state index is 12.8. The zero-order valence-electron chi connectivity index (χ0n) is 15.8. The van der Waals surface area contributed by atoms with Gasteiger partial charge in [0.1, 0.15) is 0 Å². The van der Waals surface area contributed by atoms with Crippen LogP contribution in [0.15, 0.2) is 18.5 Å². The lowest BCUT2D eigenvalue weighted by atomic mass is 9.96. The zero-order valence-corrected chi connectivity index (χ0v) is 15.8. The Morgan fingerprint density at radius 3 is 2.65 bits per heavy atom. The number of amides is 1. The van der Waals surface area contributed by atoms with Gasteiger partial charge in [0.05, 0.1) is 18.2 Å². The Morgan fingerprint density at radius 1 is 1.31 bits per heavy atom. The van der Waals surface area contributed by atoms with E-state index in [2.05, 4.69) is 25.3 Å². The second-order valence-electron chi connectivity index (χ2n) is 6.77. The molecule has 0 aromatic carbocycles. The molecule has 26 heavy (non-hydrogen) atoms. The van der Waals surface area contributed by atoms with Crippen LogP contribution in [-0.2, 0) is 23.1 Å². The molecular formula is C18H26N6O2. The number of hydrogen-bond donors (Lipinski definition) is 1. The van der Waals surface area contributed by atoms with Crippen molar-refractivity contribution >= 4 is 11.9 Å². The summed E-state index contributed by atoms with van der Waals surface area (Å²) in [6.07, 6.45) is 3.43. The molecule has 0 spiro atoms. The third kappa shape index (κ3) is 3.70. The normalized spacial score (nSPS) is 19.8. The molecule has 140 valence electrons. The summed E-state index contributed by atoms with van der Waals surface area (Å²) in [5.74, 6) is 0.645. The summed E-state index contributed by atoms with van der Waals surface area (Å²) in [5.41, 5.74) is 3.09. The lowest BCUT2D eigenvalue weighted by Gasteiger charge is -2.17. The molecular weight excluding hydrogens is 332 g/mol. The quantitative estimate of drug-likeness (QED) is 0.824. The summed E-state index contributed by atoms with van der Waals surface area (Å²) in [6, 6.07) is 1.79. The second kappa shape index (κ2) is 7.82. The molecule has 0 bridgehead atoms. The second-order valence-corrected chi connectivity index (χ2v) is 6.77. The number of carbonyl (C=O) groups is 1. The van der Waals surface area contributed by atoms with Gasteiger partial charge in [0.25, 0.3) is 0 Å². The number of ether oxygens (including phenoxy) is 1. The summed E-state index contributed by atoms with van der Waals surface area (Å²) in [7, 11) is 3.58. The van der Waals surface area contributed by atoms with Gasteiger partial charge in [0, 0.05) is 63.4 Å². The number of anilines is 1. The number of nitrogens with zero attached hydrogens (tertiary/aromatic N) is 5. The Kier molecular flexibility index (Phi) is 5.51. The number of carbonyl (C=O) groups excluding carboxylic acids is 1. The molecule has 8 heteroatoms. The summed E-state index contributed by atoms with van der Waals surface area (Å²) in [4.78, 5) is 23.5. The van der Waals surface area contributed by atoms with Gasteiger partial charge in [-0.3, -0.25) is 9.48 Å². The molecule has 1 aliphatic heterocycles. The van der Waals surface area contributed by atoms with Gasteiger partial charge in [0.15, 0.2) is 0 Å². The van der Waals surface area contributed by atoms with Crippen molar-refractivity contribution in [1.82, 2.24) is 25.1 Å². The fraction of sp³-hybridized carbons (Fsp3) is 0.556. The van der Waals surface area contributed by atoms with Crippen LogP contribution in [0.5, 0.6) is 0 Å². The van der Waals surface area contributed by atoms with Crippen LogP contribution in [0, 0.1) is 25.7 Å². The van der Waals surface area contributed by atoms with Crippen molar-refractivity contribution in [2.45, 2.75) is 20.4 Å². The van der Waals surface area contributed by atoms with Gasteiger partial charge in [-0.25, -0.2) is 9.97 Å². The third-order valence-electron chi connectivity index (χ3n) is 5.09. The number of aromatic nitrogens is 4. The van der Waals surface area contributed by atoms with Crippen LogP contribution in [0.1, 0.15) is 17.0 Å². The van der Waals surface area contributed by atoms with E-state index >= 15 is 0 Å². The highest BCUT2D eigenvalue weighted by molar-refractivity contribution is 5.80. The minimum absolute atomic E-state index is 0.0353. The first-order valence-corrected chi connectivity index (χ1v) is 8.79. The Balaban J connectivity index is 1.68. The highest BCUT2D eigenvalue weighted by Gasteiger charge is 2.38. The Hall–Kier alpha value is -2.48. The molecule has 1 N–H and O–H groups in total. The molecule has 3 heterocycles. The molecule has 2 unspecified atom stereocenters. The molecule has 1 saturated heterocycles. The number of hydrogen-bond acceptors (Lipinski definition) is 6. The van der Waals surface area contributed by atoms with Crippen molar-refractivity contribution in [2.24, 2.45) is 18.9 Å². The van der Waals surface area contributed by atoms with E-state index < -0.39 is 0 Å². The first kappa shape index (κ1) is 18.3. The fourth-order valence-electron chi connectivity index (χ4n) is 3.55. The fourth-order valence-corrected chi connectivity index (χ4v) is 3.55. The van der Waals surface area contributed by atoms with E-state index in [-0.39, 0.29) is 17.7 Å². The smallest absolute Gasteiger partial charge is 0.225 e. The first-order valence-electron chi connectivity index (χ1n) is 8.79. The van der Waals surface area contributed by atoms with Gasteiger partial charge in [-0.15, -0.1) is 0 Å². The summed E-state index contributed by atoms with van der Waals surface area (Å²) in [6.45, 7) is 6.30. The summed E-state index contributed by atoms with van der Waals surface area (Å²) >= 11 is 0. The van der Waals surface area contributed by atoms with Crippen LogP contribution in [0.4, 0.5) is 5.95 Å². The van der Waals surface area contributed by atoms with Crippen molar-refractivity contribution in [3.8, 4) is 0 Å². The minimum atomic E-state index is -0.156. The molecule has 2 aromatic rings. The van der Waals surface area contributed by atoms with Crippen molar-refractivity contribution in [3.63, 3.8) is 0 Å². The predicted octanol–water partition coefficient (Wildman–Crippen LogP) is 0.842. The lowest BCUT2D eigenvalue weighted by Crippen LogP contribution is -2.36. The lowest BCUT2D eigenvalue weighted by molar-refractivity contribution is -0.126. The molecule has 8 nitrogen and oxygen atoms in total. The number of rotatable bonds is 6. The van der Waals surface area contributed by atoms with Gasteiger partial charge in [-0.05, 0) is 19.9 Å². The van der Waals surface area contributed by atoms with E-state index in [1.165, 1.54) is 0 Å². The molecule has 0 aliphatic carbocycles. The number of aryl methyl sites for hydroxylation is 2. The van der Waals surface area contributed by atoms with Crippen LogP contribution < -0.4 is 10.2 Å². The summed E-state index contributed by atoms with van der Waals surface area (Å²) < 4.78 is 7.18. The van der Waals surface area contributed by atoms with E-state index in [1.54, 1.807) is 25.6 Å². The largest absolute Gasteiger partial charge is 0.384 e. The highest BCUT2D eigenvalue weighted by atomic mass is 16.5. The standard InChI is InChI=1S/C18H26N6O2/c1-12-15(13(2)23(3)22-12)8-21-17(25)16-10-24(9-14(16)11-26-4)18-19-6-5-7-20-18/h5-7,14,16H,8-11H2,1-4H3,(H,21,25). The minimum Gasteiger partial charge on any atom is -0.384 e. The van der Waals surface area contributed by atoms with Crippen LogP contribution in [-0.4, -0.2) is 52.5 Å². The molecule has 1 fully saturated rings. The maximum Gasteiger partial charge on any atom is 0.225 e. The number of methoxy groups -OCH3 is 1. The van der Waals surface area contributed by atoms with Gasteiger partial charge in [-0.1, -0.05) is 0 Å². The molecule has 1 amide bonds. The Morgan fingerprint density at radius 2 is 2.04 bits per heavy atom. The van der Waals surface area contributed by atoms with Crippen molar-refractivity contribution in [2.75, 3.05) is 31.7 Å². The average molecular weight is 358 g/mol. The molecule has 2 atom stereocenters. The van der Waals surface area contributed by atoms with Crippen LogP contribution in [0.3, 0.4) is 0 Å².